The molecule has 3 aromatic rings. The predicted molar refractivity (Wildman–Crippen MR) is 148 cm³/mol. The lowest BCUT2D eigenvalue weighted by atomic mass is 9.80. The second kappa shape index (κ2) is 13.7. The van der Waals surface area contributed by atoms with E-state index in [9.17, 15) is 29.1 Å². The number of anilines is 1. The number of carbonyl (C=O) groups excluding carboxylic acids is 2. The van der Waals surface area contributed by atoms with E-state index in [1.807, 2.05) is 0 Å². The molecule has 4 rings (SSSR count). The number of aliphatic carboxylic acids is 2. The van der Waals surface area contributed by atoms with Gasteiger partial charge in [-0.25, -0.2) is 9.48 Å². The van der Waals surface area contributed by atoms with Crippen LogP contribution in [0.15, 0.2) is 33.6 Å². The zero-order valence-corrected chi connectivity index (χ0v) is 23.3. The van der Waals surface area contributed by atoms with Gasteiger partial charge in [-0.3, -0.25) is 19.2 Å². The van der Waals surface area contributed by atoms with E-state index in [1.54, 1.807) is 25.3 Å². The maximum atomic E-state index is 13.2. The Morgan fingerprint density at radius 3 is 2.41 bits per heavy atom. The van der Waals surface area contributed by atoms with E-state index in [1.165, 1.54) is 36.9 Å². The second-order valence-electron chi connectivity index (χ2n) is 10.3. The molecule has 2 amide bonds. The monoisotopic (exact) mass is 569 g/mol. The average molecular weight is 570 g/mol. The third kappa shape index (κ3) is 8.22. The molecule has 2 atom stereocenters. The Balaban J connectivity index is 0.00000108. The number of rotatable bonds is 9. The van der Waals surface area contributed by atoms with Crippen molar-refractivity contribution < 1.29 is 33.8 Å². The Morgan fingerprint density at radius 1 is 1.15 bits per heavy atom. The molecule has 0 aliphatic heterocycles. The van der Waals surface area contributed by atoms with Crippen LogP contribution in [0.3, 0.4) is 0 Å². The molecule has 13 nitrogen and oxygen atoms in total. The van der Waals surface area contributed by atoms with Crippen LogP contribution < -0.4 is 16.7 Å². The molecule has 220 valence electrons. The topological polar surface area (TPSA) is 208 Å². The first-order valence-electron chi connectivity index (χ1n) is 13.4. The maximum Gasteiger partial charge on any atom is 0.340 e. The lowest BCUT2D eigenvalue weighted by molar-refractivity contribution is -0.140. The molecule has 0 bridgehead atoms. The molecule has 0 radical (unpaired) electrons. The van der Waals surface area contributed by atoms with Crippen LogP contribution in [0.2, 0.25) is 0 Å². The fourth-order valence-electron chi connectivity index (χ4n) is 5.05. The third-order valence-corrected chi connectivity index (χ3v) is 7.22. The fraction of sp³-hybridized carbons (Fsp3) is 0.464. The number of primary amides is 1. The summed E-state index contributed by atoms with van der Waals surface area (Å²) in [4.78, 5) is 57.3. The van der Waals surface area contributed by atoms with E-state index in [2.05, 4.69) is 28.3 Å². The minimum Gasteiger partial charge on any atom is -0.481 e. The first kappa shape index (κ1) is 31.0. The van der Waals surface area contributed by atoms with Crippen molar-refractivity contribution in [2.75, 3.05) is 5.32 Å². The van der Waals surface area contributed by atoms with Gasteiger partial charge in [-0.2, -0.15) is 0 Å². The summed E-state index contributed by atoms with van der Waals surface area (Å²) in [6, 6.07) is 3.50. The number of nitrogens with two attached hydrogens (primary N) is 1. The first-order chi connectivity index (χ1) is 19.4. The number of aryl methyl sites for hydroxylation is 1. The average Bonchev–Trinajstić information content (AvgIpc) is 3.39. The minimum atomic E-state index is -1.16. The predicted octanol–water partition coefficient (Wildman–Crippen LogP) is 3.15. The van der Waals surface area contributed by atoms with Crippen molar-refractivity contribution in [2.45, 2.75) is 77.7 Å². The van der Waals surface area contributed by atoms with Gasteiger partial charge in [0.05, 0.1) is 24.1 Å². The third-order valence-electron chi connectivity index (χ3n) is 7.22. The number of carboxylic acid groups (broad SMARTS) is 2. The number of carbonyl (C=O) groups is 4. The van der Waals surface area contributed by atoms with E-state index >= 15 is 0 Å². The quantitative estimate of drug-likeness (QED) is 0.277. The zero-order valence-electron chi connectivity index (χ0n) is 23.3. The second-order valence-corrected chi connectivity index (χ2v) is 10.3. The highest BCUT2D eigenvalue weighted by Gasteiger charge is 2.28. The molecular weight excluding hydrogens is 534 g/mol. The molecular formula is C28H35N5O8. The van der Waals surface area contributed by atoms with Gasteiger partial charge in [-0.1, -0.05) is 31.4 Å². The molecule has 41 heavy (non-hydrogen) atoms. The number of carboxylic acids is 2. The summed E-state index contributed by atoms with van der Waals surface area (Å²) in [5.74, 6) is -2.61. The number of nitrogens with zero attached hydrogens (tertiary/aromatic N) is 3. The highest BCUT2D eigenvalue weighted by molar-refractivity contribution is 5.97. The lowest BCUT2D eigenvalue weighted by Crippen LogP contribution is -2.28. The summed E-state index contributed by atoms with van der Waals surface area (Å²) in [5.41, 5.74) is 5.45. The smallest absolute Gasteiger partial charge is 0.340 e. The maximum absolute atomic E-state index is 13.2. The Kier molecular flexibility index (Phi) is 10.3. The number of benzene rings is 1. The molecule has 13 heteroatoms. The van der Waals surface area contributed by atoms with E-state index < -0.39 is 42.4 Å². The van der Waals surface area contributed by atoms with Crippen LogP contribution in [0, 0.1) is 12.8 Å². The summed E-state index contributed by atoms with van der Waals surface area (Å²) in [7, 11) is 0. The number of amides is 2. The summed E-state index contributed by atoms with van der Waals surface area (Å²) in [5, 5.41) is 30.0. The van der Waals surface area contributed by atoms with E-state index in [0.29, 0.717) is 16.9 Å². The minimum absolute atomic E-state index is 0.0581. The van der Waals surface area contributed by atoms with Crippen LogP contribution in [-0.4, -0.2) is 49.0 Å². The van der Waals surface area contributed by atoms with Crippen molar-refractivity contribution in [1.82, 2.24) is 15.0 Å². The summed E-state index contributed by atoms with van der Waals surface area (Å²) in [6.07, 6.45) is 6.52. The molecule has 1 fully saturated rings. The van der Waals surface area contributed by atoms with Crippen LogP contribution in [0.25, 0.3) is 11.0 Å². The SMILES string of the molecule is CC(N)=O.Cc1c(CC(=O)O)c(=O)oc2cc(NC(=O)C(CC(=O)O)n3cc(C(C)C4CCCCC4)nn3)ccc12. The molecule has 1 aliphatic rings. The van der Waals surface area contributed by atoms with Crippen molar-refractivity contribution in [3.8, 4) is 0 Å². The van der Waals surface area contributed by atoms with Gasteiger partial charge >= 0.3 is 17.6 Å². The summed E-state index contributed by atoms with van der Waals surface area (Å²) in [6.45, 7) is 5.03. The Hall–Kier alpha value is -4.55. The van der Waals surface area contributed by atoms with Crippen molar-refractivity contribution in [1.29, 1.82) is 0 Å². The van der Waals surface area contributed by atoms with Gasteiger partial charge in [0.25, 0.3) is 0 Å². The van der Waals surface area contributed by atoms with Gasteiger partial charge in [0.1, 0.15) is 11.6 Å². The number of fused-ring (bicyclic) bond motifs is 1. The fourth-order valence-corrected chi connectivity index (χ4v) is 5.05. The Morgan fingerprint density at radius 2 is 1.80 bits per heavy atom. The zero-order chi connectivity index (χ0) is 30.3. The molecule has 5 N–H and O–H groups in total. The highest BCUT2D eigenvalue weighted by Crippen LogP contribution is 2.35. The molecule has 0 spiro atoms. The number of hydrogen-bond acceptors (Lipinski definition) is 8. The van der Waals surface area contributed by atoms with Crippen molar-refractivity contribution in [2.24, 2.45) is 11.7 Å². The first-order valence-corrected chi connectivity index (χ1v) is 13.4. The molecule has 2 aromatic heterocycles. The van der Waals surface area contributed by atoms with Crippen LogP contribution in [0.5, 0.6) is 0 Å². The molecule has 1 aromatic carbocycles. The van der Waals surface area contributed by atoms with Crippen LogP contribution >= 0.6 is 0 Å². The van der Waals surface area contributed by atoms with Gasteiger partial charge in [0.15, 0.2) is 0 Å². The highest BCUT2D eigenvalue weighted by atomic mass is 16.4. The van der Waals surface area contributed by atoms with Crippen molar-refractivity contribution >= 4 is 40.4 Å². The summed E-state index contributed by atoms with van der Waals surface area (Å²) < 4.78 is 6.60. The van der Waals surface area contributed by atoms with Crippen LogP contribution in [0.1, 0.15) is 81.2 Å². The molecule has 2 unspecified atom stereocenters. The van der Waals surface area contributed by atoms with E-state index in [4.69, 9.17) is 9.52 Å². The summed E-state index contributed by atoms with van der Waals surface area (Å²) >= 11 is 0. The standard InChI is InChI=1S/C26H30N4O7.C2H5NO/c1-14(16-6-4-3-5-7-16)20-13-30(29-28-20)21(12-24(33)34)25(35)27-17-8-9-18-15(2)19(11-23(31)32)26(36)37-22(18)10-17;1-2(3)4/h8-10,13-14,16,21H,3-7,11-12H2,1-2H3,(H,27,35)(H,31,32)(H,33,34);1H3,(H2,3,4). The van der Waals surface area contributed by atoms with Gasteiger partial charge in [0.2, 0.25) is 11.8 Å². The van der Waals surface area contributed by atoms with E-state index in [-0.39, 0.29) is 28.7 Å². The van der Waals surface area contributed by atoms with Crippen molar-refractivity contribution in [3.63, 3.8) is 0 Å². The van der Waals surface area contributed by atoms with E-state index in [0.717, 1.165) is 18.5 Å². The number of hydrogen-bond donors (Lipinski definition) is 4. The molecule has 1 saturated carbocycles. The Labute approximate surface area is 235 Å². The number of aromatic nitrogens is 3. The lowest BCUT2D eigenvalue weighted by Gasteiger charge is -2.26. The molecule has 1 aliphatic carbocycles. The van der Waals surface area contributed by atoms with Gasteiger partial charge in [-0.05, 0) is 43.4 Å². The van der Waals surface area contributed by atoms with Crippen LogP contribution in [0.4, 0.5) is 5.69 Å². The normalized spacial score (nSPS) is 14.9. The molecule has 2 heterocycles. The molecule has 0 saturated heterocycles. The number of nitrogens with one attached hydrogen (secondary N) is 1. The van der Waals surface area contributed by atoms with Gasteiger partial charge in [0, 0.05) is 36.2 Å². The van der Waals surface area contributed by atoms with Gasteiger partial charge < -0.3 is 25.7 Å². The van der Waals surface area contributed by atoms with Gasteiger partial charge in [-0.15, -0.1) is 5.10 Å². The van der Waals surface area contributed by atoms with Crippen molar-refractivity contribution in [3.05, 3.63) is 51.6 Å². The van der Waals surface area contributed by atoms with Crippen LogP contribution in [-0.2, 0) is 25.6 Å². The largest absolute Gasteiger partial charge is 0.481 e. The Bertz CT molecular complexity index is 1480.